The quantitative estimate of drug-likeness (QED) is 0.628. The van der Waals surface area contributed by atoms with Crippen LogP contribution in [-0.4, -0.2) is 30.8 Å². The number of hydrogen-bond acceptors (Lipinski definition) is 4. The fraction of sp³-hybridized carbons (Fsp3) is 0.917. The van der Waals surface area contributed by atoms with Crippen LogP contribution in [0.25, 0.3) is 0 Å². The maximum Gasteiger partial charge on any atom is 0.402 e. The summed E-state index contributed by atoms with van der Waals surface area (Å²) in [4.78, 5) is 12.1. The third kappa shape index (κ3) is 1.21. The maximum absolute atomic E-state index is 13.1. The Balaban J connectivity index is 1.46. The molecule has 4 rings (SSSR count). The molecule has 112 valence electrons. The third-order valence-corrected chi connectivity index (χ3v) is 6.95. The van der Waals surface area contributed by atoms with E-state index in [-0.39, 0.29) is 5.41 Å². The van der Waals surface area contributed by atoms with E-state index in [1.165, 1.54) is 0 Å². The summed E-state index contributed by atoms with van der Waals surface area (Å²) < 4.78 is 60.0. The minimum atomic E-state index is -5.55. The summed E-state index contributed by atoms with van der Waals surface area (Å²) in [6.45, 7) is -1.61. The summed E-state index contributed by atoms with van der Waals surface area (Å²) in [5, 5.41) is -4.44. The van der Waals surface area contributed by atoms with Crippen LogP contribution in [0.4, 0.5) is 8.78 Å². The summed E-state index contributed by atoms with van der Waals surface area (Å²) in [5.74, 6) is 1.04. The van der Waals surface area contributed by atoms with E-state index in [1.807, 2.05) is 0 Å². The second-order valence-corrected chi connectivity index (χ2v) is 8.34. The SMILES string of the molecule is O=C(OCC(F)(F)S(=O)(=O)O)C12CC3CC4CC1(C2)C34. The summed E-state index contributed by atoms with van der Waals surface area (Å²) >= 11 is 0. The van der Waals surface area contributed by atoms with Gasteiger partial charge in [0.25, 0.3) is 0 Å². The number of esters is 1. The van der Waals surface area contributed by atoms with E-state index >= 15 is 0 Å². The predicted octanol–water partition coefficient (Wildman–Crippen LogP) is 1.45. The number of hydrogen-bond donors (Lipinski definition) is 1. The molecule has 0 amide bonds. The van der Waals surface area contributed by atoms with Gasteiger partial charge in [-0.2, -0.15) is 17.2 Å². The van der Waals surface area contributed by atoms with Gasteiger partial charge in [0.05, 0.1) is 5.41 Å². The van der Waals surface area contributed by atoms with Gasteiger partial charge >= 0.3 is 21.3 Å². The number of carbonyl (C=O) groups excluding carboxylic acids is 1. The molecule has 5 atom stereocenters. The molecule has 20 heavy (non-hydrogen) atoms. The van der Waals surface area contributed by atoms with Crippen molar-refractivity contribution in [2.45, 2.75) is 30.9 Å². The zero-order valence-corrected chi connectivity index (χ0v) is 11.3. The number of alkyl halides is 2. The molecule has 4 aliphatic carbocycles. The Kier molecular flexibility index (Phi) is 2.06. The number of halogens is 2. The maximum atomic E-state index is 13.1. The first kappa shape index (κ1) is 12.9. The van der Waals surface area contributed by atoms with Gasteiger partial charge in [0.2, 0.25) is 0 Å². The normalized spacial score (nSPS) is 47.6. The largest absolute Gasteiger partial charge is 0.457 e. The zero-order chi connectivity index (χ0) is 14.6. The van der Waals surface area contributed by atoms with Gasteiger partial charge in [-0.25, -0.2) is 0 Å². The lowest BCUT2D eigenvalue weighted by molar-refractivity contribution is -0.158. The lowest BCUT2D eigenvalue weighted by atomic mass is 9.48. The topological polar surface area (TPSA) is 80.7 Å². The Morgan fingerprint density at radius 2 is 2.00 bits per heavy atom. The van der Waals surface area contributed by atoms with Crippen LogP contribution in [0, 0.1) is 28.6 Å². The molecule has 0 aliphatic heterocycles. The number of rotatable bonds is 4. The van der Waals surface area contributed by atoms with Crippen LogP contribution in [0.3, 0.4) is 0 Å². The van der Waals surface area contributed by atoms with Crippen LogP contribution in [0.15, 0.2) is 0 Å². The van der Waals surface area contributed by atoms with E-state index in [9.17, 15) is 22.0 Å². The predicted molar refractivity (Wildman–Crippen MR) is 61.3 cm³/mol. The van der Waals surface area contributed by atoms with Crippen LogP contribution in [-0.2, 0) is 19.6 Å². The van der Waals surface area contributed by atoms with Crippen molar-refractivity contribution in [2.24, 2.45) is 28.6 Å². The highest BCUT2D eigenvalue weighted by Crippen LogP contribution is 2.91. The number of carbonyl (C=O) groups is 1. The molecule has 1 spiro atoms. The van der Waals surface area contributed by atoms with Crippen LogP contribution in [0.2, 0.25) is 0 Å². The Labute approximate surface area is 114 Å². The molecule has 4 fully saturated rings. The van der Waals surface area contributed by atoms with Crippen molar-refractivity contribution in [3.63, 3.8) is 0 Å². The van der Waals surface area contributed by atoms with E-state index in [1.54, 1.807) is 0 Å². The molecule has 4 aliphatic rings. The van der Waals surface area contributed by atoms with Crippen molar-refractivity contribution in [3.8, 4) is 0 Å². The van der Waals surface area contributed by atoms with Crippen molar-refractivity contribution in [1.82, 2.24) is 0 Å². The van der Waals surface area contributed by atoms with Gasteiger partial charge in [-0.1, -0.05) is 0 Å². The summed E-state index contributed by atoms with van der Waals surface area (Å²) in [6, 6.07) is 0. The molecule has 1 N–H and O–H groups in total. The average molecular weight is 308 g/mol. The standard InChI is InChI=1S/C12H14F2O5S/c13-12(14,20(16,17)18)5-19-9(15)11-3-7-1-6-2-10(11,4-11)8(6)7/h6-8H,1-5H2,(H,16,17,18). The summed E-state index contributed by atoms with van der Waals surface area (Å²) in [5.41, 5.74) is -0.685. The molecule has 0 saturated heterocycles. The van der Waals surface area contributed by atoms with E-state index in [4.69, 9.17) is 4.55 Å². The van der Waals surface area contributed by atoms with Crippen molar-refractivity contribution in [3.05, 3.63) is 0 Å². The Morgan fingerprint density at radius 1 is 1.35 bits per heavy atom. The van der Waals surface area contributed by atoms with Crippen LogP contribution < -0.4 is 0 Å². The highest BCUT2D eigenvalue weighted by atomic mass is 32.2. The molecule has 5 nitrogen and oxygen atoms in total. The second kappa shape index (κ2) is 3.19. The molecule has 0 aromatic heterocycles. The Bertz CT molecular complexity index is 617. The van der Waals surface area contributed by atoms with Gasteiger partial charge in [-0.3, -0.25) is 9.35 Å². The van der Waals surface area contributed by atoms with Gasteiger partial charge in [0.1, 0.15) is 0 Å². The molecule has 0 aromatic carbocycles. The summed E-state index contributed by atoms with van der Waals surface area (Å²) in [7, 11) is -5.55. The van der Waals surface area contributed by atoms with Crippen LogP contribution in [0.1, 0.15) is 25.7 Å². The summed E-state index contributed by atoms with van der Waals surface area (Å²) in [6.07, 6.45) is 3.46. The first-order chi connectivity index (χ1) is 9.13. The van der Waals surface area contributed by atoms with Gasteiger partial charge in [-0.05, 0) is 48.9 Å². The highest BCUT2D eigenvalue weighted by Gasteiger charge is 2.88. The molecule has 5 unspecified atom stereocenters. The molecular weight excluding hydrogens is 294 g/mol. The molecule has 4 saturated carbocycles. The van der Waals surface area contributed by atoms with Gasteiger partial charge in [-0.15, -0.1) is 0 Å². The van der Waals surface area contributed by atoms with E-state index in [0.29, 0.717) is 30.6 Å². The Hall–Kier alpha value is -0.760. The lowest BCUT2D eigenvalue weighted by Crippen LogP contribution is -2.50. The minimum Gasteiger partial charge on any atom is -0.457 e. The smallest absolute Gasteiger partial charge is 0.402 e. The number of ether oxygens (including phenoxy) is 1. The third-order valence-electron chi connectivity index (χ3n) is 6.08. The highest BCUT2D eigenvalue weighted by molar-refractivity contribution is 7.86. The first-order valence-electron chi connectivity index (χ1n) is 6.65. The fourth-order valence-electron chi connectivity index (χ4n) is 5.28. The molecular formula is C12H14F2O5S. The van der Waals surface area contributed by atoms with Crippen LogP contribution >= 0.6 is 0 Å². The minimum absolute atomic E-state index is 0.0367. The molecule has 0 radical (unpaired) electrons. The zero-order valence-electron chi connectivity index (χ0n) is 10.5. The van der Waals surface area contributed by atoms with E-state index in [0.717, 1.165) is 12.8 Å². The molecule has 0 aromatic rings. The first-order valence-corrected chi connectivity index (χ1v) is 8.09. The van der Waals surface area contributed by atoms with E-state index < -0.39 is 33.4 Å². The fourth-order valence-corrected chi connectivity index (χ4v) is 5.49. The monoisotopic (exact) mass is 308 g/mol. The van der Waals surface area contributed by atoms with Gasteiger partial charge < -0.3 is 4.74 Å². The van der Waals surface area contributed by atoms with Crippen molar-refractivity contribution >= 4 is 16.1 Å². The van der Waals surface area contributed by atoms with Crippen molar-refractivity contribution < 1.29 is 31.3 Å². The Morgan fingerprint density at radius 3 is 2.55 bits per heavy atom. The molecule has 8 heteroatoms. The van der Waals surface area contributed by atoms with E-state index in [2.05, 4.69) is 4.74 Å². The average Bonchev–Trinajstić information content (AvgIpc) is 2.90. The molecule has 0 bridgehead atoms. The van der Waals surface area contributed by atoms with Crippen molar-refractivity contribution in [2.75, 3.05) is 6.61 Å². The molecule has 0 heterocycles. The van der Waals surface area contributed by atoms with Gasteiger partial charge in [0, 0.05) is 0 Å². The van der Waals surface area contributed by atoms with Gasteiger partial charge in [0.15, 0.2) is 6.61 Å². The van der Waals surface area contributed by atoms with Crippen molar-refractivity contribution in [1.29, 1.82) is 0 Å². The second-order valence-electron chi connectivity index (χ2n) is 6.79. The van der Waals surface area contributed by atoms with Crippen LogP contribution in [0.5, 0.6) is 0 Å². The lowest BCUT2D eigenvalue weighted by Gasteiger charge is -2.56.